The van der Waals surface area contributed by atoms with Gasteiger partial charge >= 0.3 is 12.1 Å². The van der Waals surface area contributed by atoms with Gasteiger partial charge < -0.3 is 19.9 Å². The first-order valence-electron chi connectivity index (χ1n) is 12.5. The first-order valence-corrected chi connectivity index (χ1v) is 12.5. The van der Waals surface area contributed by atoms with Crippen molar-refractivity contribution < 1.29 is 24.2 Å². The van der Waals surface area contributed by atoms with E-state index in [1.165, 1.54) is 6.42 Å². The minimum Gasteiger partial charge on any atom is -0.480 e. The largest absolute Gasteiger partial charge is 0.480 e. The highest BCUT2D eigenvalue weighted by Gasteiger charge is 2.30. The molecule has 2 aliphatic rings. The molecule has 2 aliphatic carbocycles. The summed E-state index contributed by atoms with van der Waals surface area (Å²) in [5.74, 6) is -0.804. The summed E-state index contributed by atoms with van der Waals surface area (Å²) in [5.41, 5.74) is 5.11. The highest BCUT2D eigenvalue weighted by atomic mass is 16.5. The standard InChI is InChI=1S/C29H30N2O5/c32-28(33)26(17-19-9-8-16-30-27(19)36-20-10-2-1-3-11-20)31-29(34)35-18-25-23-14-6-4-12-21(23)22-13-5-7-15-24(22)25/h4-9,12-16,20,25-26H,1-3,10-11,17-18H2,(H,31,34)(H,32,33). The number of hydrogen-bond acceptors (Lipinski definition) is 5. The number of carboxylic acids is 1. The van der Waals surface area contributed by atoms with Crippen LogP contribution in [0, 0.1) is 0 Å². The van der Waals surface area contributed by atoms with Gasteiger partial charge in [0, 0.05) is 24.1 Å². The monoisotopic (exact) mass is 486 g/mol. The lowest BCUT2D eigenvalue weighted by molar-refractivity contribution is -0.139. The van der Waals surface area contributed by atoms with E-state index in [9.17, 15) is 14.7 Å². The number of alkyl carbamates (subject to hydrolysis) is 1. The predicted octanol–water partition coefficient (Wildman–Crippen LogP) is 5.33. The second kappa shape index (κ2) is 10.8. The van der Waals surface area contributed by atoms with Crippen LogP contribution in [0.1, 0.15) is 54.7 Å². The maximum absolute atomic E-state index is 12.7. The molecule has 0 spiro atoms. The Bertz CT molecular complexity index is 1190. The van der Waals surface area contributed by atoms with E-state index < -0.39 is 18.1 Å². The lowest BCUT2D eigenvalue weighted by atomic mass is 9.98. The Hall–Kier alpha value is -3.87. The van der Waals surface area contributed by atoms with Crippen LogP contribution in [-0.4, -0.2) is 40.9 Å². The van der Waals surface area contributed by atoms with Gasteiger partial charge in [-0.25, -0.2) is 14.6 Å². The summed E-state index contributed by atoms with van der Waals surface area (Å²) in [6.45, 7) is 0.120. The van der Waals surface area contributed by atoms with Gasteiger partial charge in [0.05, 0.1) is 0 Å². The molecule has 1 heterocycles. The molecule has 0 bridgehead atoms. The van der Waals surface area contributed by atoms with Crippen molar-refractivity contribution in [2.75, 3.05) is 6.61 Å². The third-order valence-corrected chi connectivity index (χ3v) is 7.04. The molecule has 1 amide bonds. The van der Waals surface area contributed by atoms with Gasteiger partial charge in [-0.3, -0.25) is 0 Å². The molecule has 0 aliphatic heterocycles. The van der Waals surface area contributed by atoms with Crippen LogP contribution in [0.2, 0.25) is 0 Å². The van der Waals surface area contributed by atoms with Crippen molar-refractivity contribution in [1.29, 1.82) is 0 Å². The lowest BCUT2D eigenvalue weighted by Gasteiger charge is -2.24. The quantitative estimate of drug-likeness (QED) is 0.447. The topological polar surface area (TPSA) is 97.8 Å². The summed E-state index contributed by atoms with van der Waals surface area (Å²) >= 11 is 0. The fourth-order valence-corrected chi connectivity index (χ4v) is 5.23. The minimum absolute atomic E-state index is 0.0510. The highest BCUT2D eigenvalue weighted by Crippen LogP contribution is 2.44. The molecule has 3 aromatic rings. The van der Waals surface area contributed by atoms with E-state index in [0.717, 1.165) is 47.9 Å². The predicted molar refractivity (Wildman–Crippen MR) is 135 cm³/mol. The summed E-state index contributed by atoms with van der Waals surface area (Å²) in [4.78, 5) is 29.0. The number of aromatic nitrogens is 1. The number of aliphatic carboxylic acids is 1. The molecule has 1 atom stereocenters. The second-order valence-electron chi connectivity index (χ2n) is 9.41. The SMILES string of the molecule is O=C(NC(Cc1cccnc1OC1CCCCC1)C(=O)O)OCC1c2ccccc2-c2ccccc21. The molecule has 1 aromatic heterocycles. The van der Waals surface area contributed by atoms with Crippen molar-refractivity contribution in [3.8, 4) is 17.0 Å². The Morgan fingerprint density at radius 1 is 0.944 bits per heavy atom. The van der Waals surface area contributed by atoms with E-state index in [0.29, 0.717) is 11.4 Å². The fraction of sp³-hybridized carbons (Fsp3) is 0.345. The number of nitrogens with one attached hydrogen (secondary N) is 1. The van der Waals surface area contributed by atoms with Crippen LogP contribution in [0.15, 0.2) is 66.9 Å². The van der Waals surface area contributed by atoms with Gasteiger partial charge in [0.15, 0.2) is 0 Å². The summed E-state index contributed by atoms with van der Waals surface area (Å²) in [5, 5.41) is 12.3. The molecule has 2 aromatic carbocycles. The zero-order valence-corrected chi connectivity index (χ0v) is 20.1. The Morgan fingerprint density at radius 3 is 2.28 bits per heavy atom. The minimum atomic E-state index is -1.17. The number of nitrogens with zero attached hydrogens (tertiary/aromatic N) is 1. The molecule has 5 rings (SSSR count). The zero-order valence-electron chi connectivity index (χ0n) is 20.1. The van der Waals surface area contributed by atoms with E-state index in [-0.39, 0.29) is 25.0 Å². The lowest BCUT2D eigenvalue weighted by Crippen LogP contribution is -2.43. The number of carbonyl (C=O) groups is 2. The van der Waals surface area contributed by atoms with Crippen LogP contribution in [-0.2, 0) is 16.0 Å². The van der Waals surface area contributed by atoms with Gasteiger partial charge in [-0.15, -0.1) is 0 Å². The molecule has 1 fully saturated rings. The summed E-state index contributed by atoms with van der Waals surface area (Å²) in [6, 6.07) is 18.5. The number of ether oxygens (including phenoxy) is 2. The van der Waals surface area contributed by atoms with E-state index in [4.69, 9.17) is 9.47 Å². The summed E-state index contributed by atoms with van der Waals surface area (Å²) in [7, 11) is 0. The maximum Gasteiger partial charge on any atom is 0.407 e. The summed E-state index contributed by atoms with van der Waals surface area (Å²) < 4.78 is 11.7. The van der Waals surface area contributed by atoms with Crippen LogP contribution >= 0.6 is 0 Å². The Balaban J connectivity index is 1.24. The van der Waals surface area contributed by atoms with Crippen molar-refractivity contribution >= 4 is 12.1 Å². The number of amides is 1. The van der Waals surface area contributed by atoms with E-state index in [1.54, 1.807) is 18.3 Å². The number of carbonyl (C=O) groups excluding carboxylic acids is 1. The van der Waals surface area contributed by atoms with E-state index >= 15 is 0 Å². The zero-order chi connectivity index (χ0) is 24.9. The number of benzene rings is 2. The smallest absolute Gasteiger partial charge is 0.407 e. The highest BCUT2D eigenvalue weighted by molar-refractivity contribution is 5.81. The van der Waals surface area contributed by atoms with Crippen LogP contribution in [0.3, 0.4) is 0 Å². The number of fused-ring (bicyclic) bond motifs is 3. The van der Waals surface area contributed by atoms with Gasteiger partial charge in [-0.05, 0) is 54.0 Å². The molecule has 1 unspecified atom stereocenters. The van der Waals surface area contributed by atoms with Crippen LogP contribution < -0.4 is 10.1 Å². The van der Waals surface area contributed by atoms with Crippen molar-refractivity contribution in [1.82, 2.24) is 10.3 Å². The Morgan fingerprint density at radius 2 is 1.61 bits per heavy atom. The molecule has 2 N–H and O–H groups in total. The van der Waals surface area contributed by atoms with Crippen molar-refractivity contribution in [3.05, 3.63) is 83.6 Å². The fourth-order valence-electron chi connectivity index (χ4n) is 5.23. The molecule has 186 valence electrons. The maximum atomic E-state index is 12.7. The normalized spacial score (nSPS) is 16.0. The second-order valence-corrected chi connectivity index (χ2v) is 9.41. The van der Waals surface area contributed by atoms with Crippen molar-refractivity contribution in [2.45, 2.75) is 56.6 Å². The summed E-state index contributed by atoms with van der Waals surface area (Å²) in [6.07, 6.45) is 6.40. The molecular weight excluding hydrogens is 456 g/mol. The van der Waals surface area contributed by atoms with Gasteiger partial charge in [0.2, 0.25) is 5.88 Å². The van der Waals surface area contributed by atoms with E-state index in [2.05, 4.69) is 22.4 Å². The Kier molecular flexibility index (Phi) is 7.16. The molecule has 1 saturated carbocycles. The molecule has 36 heavy (non-hydrogen) atoms. The van der Waals surface area contributed by atoms with Crippen LogP contribution in [0.5, 0.6) is 5.88 Å². The molecular formula is C29H30N2O5. The van der Waals surface area contributed by atoms with E-state index in [1.807, 2.05) is 36.4 Å². The first kappa shape index (κ1) is 23.9. The Labute approximate surface area is 210 Å². The van der Waals surface area contributed by atoms with Gasteiger partial charge in [0.25, 0.3) is 0 Å². The average molecular weight is 487 g/mol. The third kappa shape index (κ3) is 5.20. The molecule has 0 radical (unpaired) electrons. The van der Waals surface area contributed by atoms with Crippen molar-refractivity contribution in [3.63, 3.8) is 0 Å². The average Bonchev–Trinajstić information content (AvgIpc) is 3.22. The van der Waals surface area contributed by atoms with Crippen LogP contribution in [0.4, 0.5) is 4.79 Å². The van der Waals surface area contributed by atoms with Gasteiger partial charge in [-0.1, -0.05) is 61.0 Å². The molecule has 7 nitrogen and oxygen atoms in total. The number of carboxylic acid groups (broad SMARTS) is 1. The third-order valence-electron chi connectivity index (χ3n) is 7.04. The number of rotatable bonds is 8. The first-order chi connectivity index (χ1) is 17.6. The number of pyridine rings is 1. The number of hydrogen-bond donors (Lipinski definition) is 2. The van der Waals surface area contributed by atoms with Gasteiger partial charge in [0.1, 0.15) is 18.8 Å². The van der Waals surface area contributed by atoms with Gasteiger partial charge in [-0.2, -0.15) is 0 Å². The molecule has 7 heteroatoms. The molecule has 0 saturated heterocycles. The van der Waals surface area contributed by atoms with Crippen molar-refractivity contribution in [2.24, 2.45) is 0 Å². The van der Waals surface area contributed by atoms with Crippen LogP contribution in [0.25, 0.3) is 11.1 Å².